The van der Waals surface area contributed by atoms with Gasteiger partial charge >= 0.3 is 6.09 Å². The van der Waals surface area contributed by atoms with Crippen LogP contribution >= 0.6 is 0 Å². The minimum atomic E-state index is -0.281. The van der Waals surface area contributed by atoms with E-state index >= 15 is 0 Å². The maximum absolute atomic E-state index is 12.6. The van der Waals surface area contributed by atoms with Crippen molar-refractivity contribution in [1.29, 1.82) is 0 Å². The van der Waals surface area contributed by atoms with Gasteiger partial charge in [0.25, 0.3) is 0 Å². The van der Waals surface area contributed by atoms with Crippen LogP contribution in [-0.4, -0.2) is 58.4 Å². The molecule has 0 aromatic rings. The number of hydrogen-bond acceptors (Lipinski definition) is 5. The Labute approximate surface area is 270 Å². The summed E-state index contributed by atoms with van der Waals surface area (Å²) in [6, 6.07) is 0. The predicted molar refractivity (Wildman–Crippen MR) is 179 cm³/mol. The van der Waals surface area contributed by atoms with Crippen molar-refractivity contribution in [3.8, 4) is 0 Å². The van der Waals surface area contributed by atoms with Gasteiger partial charge in [-0.3, -0.25) is 0 Å². The molecule has 3 saturated carbocycles. The van der Waals surface area contributed by atoms with Crippen LogP contribution in [0.3, 0.4) is 0 Å². The first kappa shape index (κ1) is 35.7. The summed E-state index contributed by atoms with van der Waals surface area (Å²) in [4.78, 5) is 12.6. The van der Waals surface area contributed by atoms with Gasteiger partial charge in [-0.1, -0.05) is 72.5 Å². The number of carbonyl (C=O) groups excluding carboxylic acids is 1. The van der Waals surface area contributed by atoms with Gasteiger partial charge in [0.15, 0.2) is 0 Å². The highest BCUT2D eigenvalue weighted by Gasteiger charge is 2.59. The normalized spacial score (nSPS) is 33.7. The van der Waals surface area contributed by atoms with E-state index in [4.69, 9.17) is 18.9 Å². The lowest BCUT2D eigenvalue weighted by molar-refractivity contribution is -0.0581. The van der Waals surface area contributed by atoms with Gasteiger partial charge in [-0.25, -0.2) is 4.79 Å². The van der Waals surface area contributed by atoms with Crippen LogP contribution in [0, 0.1) is 46.3 Å². The van der Waals surface area contributed by atoms with Gasteiger partial charge in [-0.05, 0) is 104 Å². The molecule has 3 fully saturated rings. The average molecular weight is 618 g/mol. The van der Waals surface area contributed by atoms with Crippen LogP contribution in [0.2, 0.25) is 0 Å². The summed E-state index contributed by atoms with van der Waals surface area (Å²) < 4.78 is 22.4. The van der Waals surface area contributed by atoms with Crippen molar-refractivity contribution in [2.45, 2.75) is 131 Å². The fourth-order valence-electron chi connectivity index (χ4n) is 10.00. The third-order valence-electron chi connectivity index (χ3n) is 12.4. The summed E-state index contributed by atoms with van der Waals surface area (Å²) in [5.74, 6) is 5.11. The Morgan fingerprint density at radius 1 is 0.886 bits per heavy atom. The van der Waals surface area contributed by atoms with Gasteiger partial charge in [-0.2, -0.15) is 0 Å². The van der Waals surface area contributed by atoms with Crippen molar-refractivity contribution in [2.75, 3.05) is 46.2 Å². The van der Waals surface area contributed by atoms with Gasteiger partial charge < -0.3 is 24.3 Å². The summed E-state index contributed by atoms with van der Waals surface area (Å²) in [6.45, 7) is 19.0. The van der Waals surface area contributed by atoms with E-state index in [9.17, 15) is 4.79 Å². The number of amides is 1. The minimum Gasteiger partial charge on any atom is -0.446 e. The molecule has 0 saturated heterocycles. The van der Waals surface area contributed by atoms with E-state index in [1.165, 1.54) is 51.4 Å². The summed E-state index contributed by atoms with van der Waals surface area (Å²) in [7, 11) is 0. The molecule has 0 aliphatic heterocycles. The highest BCUT2D eigenvalue weighted by atomic mass is 16.6. The molecule has 4 aliphatic rings. The van der Waals surface area contributed by atoms with E-state index in [2.05, 4.69) is 52.9 Å². The quantitative estimate of drug-likeness (QED) is 0.123. The standard InChI is InChI=1S/C38H67NO5/c1-7-21-41-23-25-43-26-24-42-22-9-20-39-36(40)44-31-16-18-37(5)30(27-31)12-13-32-34-15-14-33(29(4)11-8-10-28(2)3)38(34,6)19-17-35(32)37/h12,28-29,31-35H,7-11,13-27H2,1-6H3,(H,39,40)/t29-,31?,32+,33-,34+,35+,37+,38-/m1/s1. The second-order valence-corrected chi connectivity index (χ2v) is 15.7. The molecule has 254 valence electrons. The van der Waals surface area contributed by atoms with Crippen molar-refractivity contribution < 1.29 is 23.7 Å². The summed E-state index contributed by atoms with van der Waals surface area (Å²) in [5.41, 5.74) is 2.39. The molecule has 44 heavy (non-hydrogen) atoms. The topological polar surface area (TPSA) is 66.0 Å². The first-order chi connectivity index (χ1) is 21.2. The van der Waals surface area contributed by atoms with Crippen LogP contribution in [-0.2, 0) is 18.9 Å². The summed E-state index contributed by atoms with van der Waals surface area (Å²) >= 11 is 0. The van der Waals surface area contributed by atoms with Crippen LogP contribution in [0.15, 0.2) is 11.6 Å². The van der Waals surface area contributed by atoms with Crippen molar-refractivity contribution in [3.05, 3.63) is 11.6 Å². The van der Waals surface area contributed by atoms with Gasteiger partial charge in [0.2, 0.25) is 0 Å². The van der Waals surface area contributed by atoms with Crippen LogP contribution < -0.4 is 5.32 Å². The van der Waals surface area contributed by atoms with Crippen molar-refractivity contribution in [3.63, 3.8) is 0 Å². The minimum absolute atomic E-state index is 0.00279. The molecule has 1 N–H and O–H groups in total. The number of ether oxygens (including phenoxy) is 4. The SMILES string of the molecule is CCCOCCOCCOCCCNC(=O)OC1CC[C@@]2(C)C(=CC[C@H]3[C@@H]4CC[C@H]([C@H](C)CCCC(C)C)[C@@]4(C)CC[C@@H]32)C1. The molecule has 0 aromatic heterocycles. The van der Waals surface area contributed by atoms with Gasteiger partial charge in [0.05, 0.1) is 26.4 Å². The Morgan fingerprint density at radius 2 is 1.61 bits per heavy atom. The molecule has 6 nitrogen and oxygen atoms in total. The number of fused-ring (bicyclic) bond motifs is 5. The maximum Gasteiger partial charge on any atom is 0.407 e. The Hall–Kier alpha value is -1.11. The zero-order valence-electron chi connectivity index (χ0n) is 29.3. The lowest BCUT2D eigenvalue weighted by Crippen LogP contribution is -2.51. The van der Waals surface area contributed by atoms with Crippen molar-refractivity contribution in [2.24, 2.45) is 46.3 Å². The number of hydrogen-bond donors (Lipinski definition) is 1. The number of carbonyl (C=O) groups is 1. The van der Waals surface area contributed by atoms with Crippen LogP contribution in [0.5, 0.6) is 0 Å². The summed E-state index contributed by atoms with van der Waals surface area (Å²) in [6.07, 6.45) is 18.3. The largest absolute Gasteiger partial charge is 0.446 e. The first-order valence-corrected chi connectivity index (χ1v) is 18.6. The highest BCUT2D eigenvalue weighted by molar-refractivity contribution is 5.67. The molecule has 0 bridgehead atoms. The molecule has 1 unspecified atom stereocenters. The van der Waals surface area contributed by atoms with Crippen LogP contribution in [0.1, 0.15) is 125 Å². The Kier molecular flexibility index (Phi) is 13.9. The molecule has 0 radical (unpaired) electrons. The van der Waals surface area contributed by atoms with Crippen LogP contribution in [0.25, 0.3) is 0 Å². The summed E-state index contributed by atoms with van der Waals surface area (Å²) in [5, 5.41) is 2.94. The predicted octanol–water partition coefficient (Wildman–Crippen LogP) is 8.97. The smallest absolute Gasteiger partial charge is 0.407 e. The molecular weight excluding hydrogens is 550 g/mol. The van der Waals surface area contributed by atoms with E-state index in [-0.39, 0.29) is 17.6 Å². The molecule has 4 aliphatic carbocycles. The van der Waals surface area contributed by atoms with E-state index in [0.717, 1.165) is 74.2 Å². The van der Waals surface area contributed by atoms with Crippen LogP contribution in [0.4, 0.5) is 4.79 Å². The number of rotatable bonds is 18. The lowest BCUT2D eigenvalue weighted by atomic mass is 9.47. The third-order valence-corrected chi connectivity index (χ3v) is 12.4. The van der Waals surface area contributed by atoms with E-state index < -0.39 is 0 Å². The molecule has 6 heteroatoms. The maximum atomic E-state index is 12.6. The fourth-order valence-corrected chi connectivity index (χ4v) is 10.00. The van der Waals surface area contributed by atoms with Gasteiger partial charge in [0.1, 0.15) is 6.10 Å². The Balaban J connectivity index is 1.17. The molecule has 4 rings (SSSR count). The van der Waals surface area contributed by atoms with Gasteiger partial charge in [0, 0.05) is 26.2 Å². The molecule has 0 aromatic carbocycles. The highest BCUT2D eigenvalue weighted by Crippen LogP contribution is 2.67. The second-order valence-electron chi connectivity index (χ2n) is 15.7. The molecule has 0 heterocycles. The zero-order valence-corrected chi connectivity index (χ0v) is 29.3. The van der Waals surface area contributed by atoms with E-state index in [1.54, 1.807) is 5.57 Å². The van der Waals surface area contributed by atoms with Crippen molar-refractivity contribution in [1.82, 2.24) is 5.32 Å². The zero-order chi connectivity index (χ0) is 31.6. The molecular formula is C38H67NO5. The molecule has 0 spiro atoms. The van der Waals surface area contributed by atoms with Gasteiger partial charge in [-0.15, -0.1) is 0 Å². The molecule has 8 atom stereocenters. The second kappa shape index (κ2) is 17.2. The van der Waals surface area contributed by atoms with E-state index in [0.29, 0.717) is 45.0 Å². The van der Waals surface area contributed by atoms with E-state index in [1.807, 2.05) is 0 Å². The number of alkyl carbamates (subject to hydrolysis) is 1. The third kappa shape index (κ3) is 9.03. The lowest BCUT2D eigenvalue weighted by Gasteiger charge is -2.58. The fraction of sp³-hybridized carbons (Fsp3) is 0.921. The average Bonchev–Trinajstić information content (AvgIpc) is 3.35. The number of allylic oxidation sites excluding steroid dienone is 1. The Bertz CT molecular complexity index is 906. The number of nitrogens with one attached hydrogen (secondary N) is 1. The monoisotopic (exact) mass is 618 g/mol. The molecule has 1 amide bonds. The Morgan fingerprint density at radius 3 is 2.34 bits per heavy atom. The first-order valence-electron chi connectivity index (χ1n) is 18.6. The van der Waals surface area contributed by atoms with Crippen molar-refractivity contribution >= 4 is 6.09 Å².